The molecular formula is C18H20O2. The number of ether oxygens (including phenoxy) is 1. The lowest BCUT2D eigenvalue weighted by Crippen LogP contribution is -1.98. The molecule has 0 aliphatic carbocycles. The molecular weight excluding hydrogens is 248 g/mol. The number of carbonyl (C=O) groups excluding carboxylic acids is 1. The molecule has 0 spiro atoms. The summed E-state index contributed by atoms with van der Waals surface area (Å²) in [6, 6.07) is 18.0. The molecule has 20 heavy (non-hydrogen) atoms. The summed E-state index contributed by atoms with van der Waals surface area (Å²) in [6.07, 6.45) is 2.07. The first kappa shape index (κ1) is 14.5. The Hall–Kier alpha value is -1.93. The van der Waals surface area contributed by atoms with Gasteiger partial charge in [0.05, 0.1) is 6.61 Å². The summed E-state index contributed by atoms with van der Waals surface area (Å²) in [5.41, 5.74) is 3.20. The lowest BCUT2D eigenvalue weighted by molar-refractivity contribution is 0.101. The fourth-order valence-corrected chi connectivity index (χ4v) is 2.05. The normalized spacial score (nSPS) is 10.4. The van der Waals surface area contributed by atoms with Crippen molar-refractivity contribution in [2.45, 2.75) is 26.4 Å². The molecule has 0 radical (unpaired) electrons. The van der Waals surface area contributed by atoms with Gasteiger partial charge in [-0.05, 0) is 30.9 Å². The molecule has 0 aliphatic rings. The zero-order valence-corrected chi connectivity index (χ0v) is 11.8. The molecule has 0 bridgehead atoms. The molecule has 2 aromatic rings. The molecule has 2 aromatic carbocycles. The minimum Gasteiger partial charge on any atom is -0.377 e. The van der Waals surface area contributed by atoms with Gasteiger partial charge in [0.15, 0.2) is 5.78 Å². The largest absolute Gasteiger partial charge is 0.377 e. The van der Waals surface area contributed by atoms with Crippen molar-refractivity contribution in [2.24, 2.45) is 0 Å². The highest BCUT2D eigenvalue weighted by Crippen LogP contribution is 2.07. The number of hydrogen-bond donors (Lipinski definition) is 0. The molecule has 2 heteroatoms. The van der Waals surface area contributed by atoms with Crippen molar-refractivity contribution in [1.82, 2.24) is 0 Å². The van der Waals surface area contributed by atoms with E-state index >= 15 is 0 Å². The maximum absolute atomic E-state index is 11.2. The molecule has 0 N–H and O–H groups in total. The Morgan fingerprint density at radius 2 is 1.65 bits per heavy atom. The van der Waals surface area contributed by atoms with Gasteiger partial charge in [-0.2, -0.15) is 0 Å². The summed E-state index contributed by atoms with van der Waals surface area (Å²) in [7, 11) is 0. The van der Waals surface area contributed by atoms with Crippen LogP contribution in [-0.4, -0.2) is 12.4 Å². The van der Waals surface area contributed by atoms with Crippen molar-refractivity contribution in [3.63, 3.8) is 0 Å². The number of aryl methyl sites for hydroxylation is 1. The molecule has 0 atom stereocenters. The lowest BCUT2D eigenvalue weighted by Gasteiger charge is -2.05. The Kier molecular flexibility index (Phi) is 5.51. The summed E-state index contributed by atoms with van der Waals surface area (Å²) in [4.78, 5) is 11.2. The number of benzene rings is 2. The van der Waals surface area contributed by atoms with E-state index in [4.69, 9.17) is 4.74 Å². The predicted molar refractivity (Wildman–Crippen MR) is 80.9 cm³/mol. The summed E-state index contributed by atoms with van der Waals surface area (Å²) in [6.45, 7) is 2.94. The average Bonchev–Trinajstić information content (AvgIpc) is 2.48. The van der Waals surface area contributed by atoms with Crippen LogP contribution in [0.15, 0.2) is 54.6 Å². The number of rotatable bonds is 7. The van der Waals surface area contributed by atoms with Crippen LogP contribution in [0.1, 0.15) is 34.8 Å². The van der Waals surface area contributed by atoms with E-state index in [0.717, 1.165) is 30.6 Å². The predicted octanol–water partition coefficient (Wildman–Crippen LogP) is 4.04. The summed E-state index contributed by atoms with van der Waals surface area (Å²) < 4.78 is 5.66. The van der Waals surface area contributed by atoms with Crippen molar-refractivity contribution < 1.29 is 9.53 Å². The Balaban J connectivity index is 1.67. The van der Waals surface area contributed by atoms with Gasteiger partial charge in [0.1, 0.15) is 0 Å². The molecule has 0 saturated heterocycles. The number of Topliss-reactive ketones (excluding diaryl/α,β-unsaturated/α-hetero) is 1. The molecule has 0 amide bonds. The van der Waals surface area contributed by atoms with E-state index in [1.165, 1.54) is 5.56 Å². The first-order valence-electron chi connectivity index (χ1n) is 6.97. The Labute approximate surface area is 120 Å². The third-order valence-corrected chi connectivity index (χ3v) is 3.23. The first-order valence-corrected chi connectivity index (χ1v) is 6.97. The summed E-state index contributed by atoms with van der Waals surface area (Å²) in [5.74, 6) is 0.0975. The van der Waals surface area contributed by atoms with E-state index in [9.17, 15) is 4.79 Å². The second-order valence-corrected chi connectivity index (χ2v) is 4.89. The van der Waals surface area contributed by atoms with Gasteiger partial charge in [-0.25, -0.2) is 0 Å². The highest BCUT2D eigenvalue weighted by atomic mass is 16.5. The minimum absolute atomic E-state index is 0.0975. The van der Waals surface area contributed by atoms with Gasteiger partial charge in [0.2, 0.25) is 0 Å². The molecule has 2 nitrogen and oxygen atoms in total. The Bertz CT molecular complexity index is 529. The highest BCUT2D eigenvalue weighted by Gasteiger charge is 1.99. The molecule has 0 heterocycles. The van der Waals surface area contributed by atoms with Crippen LogP contribution in [0.2, 0.25) is 0 Å². The molecule has 0 aliphatic heterocycles. The van der Waals surface area contributed by atoms with Gasteiger partial charge in [-0.3, -0.25) is 4.79 Å². The van der Waals surface area contributed by atoms with E-state index in [0.29, 0.717) is 6.61 Å². The van der Waals surface area contributed by atoms with Crippen LogP contribution in [0.3, 0.4) is 0 Å². The fraction of sp³-hybridized carbons (Fsp3) is 0.278. The molecule has 0 aromatic heterocycles. The van der Waals surface area contributed by atoms with E-state index < -0.39 is 0 Å². The highest BCUT2D eigenvalue weighted by molar-refractivity contribution is 5.93. The standard InChI is InChI=1S/C18H20O2/c1-15(19)18-11-9-17(10-12-18)14-20-13-5-8-16-6-3-2-4-7-16/h2-4,6-7,9-12H,5,8,13-14H2,1H3. The van der Waals surface area contributed by atoms with Gasteiger partial charge in [0, 0.05) is 12.2 Å². The van der Waals surface area contributed by atoms with Gasteiger partial charge < -0.3 is 4.74 Å². The number of ketones is 1. The van der Waals surface area contributed by atoms with E-state index in [1.54, 1.807) is 6.92 Å². The molecule has 0 unspecified atom stereocenters. The summed E-state index contributed by atoms with van der Waals surface area (Å²) in [5, 5.41) is 0. The first-order chi connectivity index (χ1) is 9.75. The second-order valence-electron chi connectivity index (χ2n) is 4.89. The van der Waals surface area contributed by atoms with Crippen LogP contribution in [0.4, 0.5) is 0 Å². The van der Waals surface area contributed by atoms with Crippen LogP contribution < -0.4 is 0 Å². The van der Waals surface area contributed by atoms with Crippen molar-refractivity contribution in [3.05, 3.63) is 71.3 Å². The van der Waals surface area contributed by atoms with Crippen LogP contribution in [-0.2, 0) is 17.8 Å². The Morgan fingerprint density at radius 3 is 2.30 bits per heavy atom. The molecule has 104 valence electrons. The van der Waals surface area contributed by atoms with Gasteiger partial charge in [0.25, 0.3) is 0 Å². The second kappa shape index (κ2) is 7.61. The van der Waals surface area contributed by atoms with Crippen molar-refractivity contribution in [1.29, 1.82) is 0 Å². The molecule has 0 saturated carbocycles. The van der Waals surface area contributed by atoms with Gasteiger partial charge in [-0.1, -0.05) is 54.6 Å². The Morgan fingerprint density at radius 1 is 0.950 bits per heavy atom. The van der Waals surface area contributed by atoms with Crippen molar-refractivity contribution in [3.8, 4) is 0 Å². The smallest absolute Gasteiger partial charge is 0.159 e. The van der Waals surface area contributed by atoms with E-state index in [-0.39, 0.29) is 5.78 Å². The molecule has 0 fully saturated rings. The van der Waals surface area contributed by atoms with Gasteiger partial charge >= 0.3 is 0 Å². The lowest BCUT2D eigenvalue weighted by atomic mass is 10.1. The third-order valence-electron chi connectivity index (χ3n) is 3.23. The zero-order valence-electron chi connectivity index (χ0n) is 11.8. The third kappa shape index (κ3) is 4.63. The SMILES string of the molecule is CC(=O)c1ccc(COCCCc2ccccc2)cc1. The monoisotopic (exact) mass is 268 g/mol. The minimum atomic E-state index is 0.0975. The van der Waals surface area contributed by atoms with Crippen molar-refractivity contribution in [2.75, 3.05) is 6.61 Å². The maximum atomic E-state index is 11.2. The van der Waals surface area contributed by atoms with Crippen LogP contribution in [0.5, 0.6) is 0 Å². The summed E-state index contributed by atoms with van der Waals surface area (Å²) >= 11 is 0. The maximum Gasteiger partial charge on any atom is 0.159 e. The van der Waals surface area contributed by atoms with Gasteiger partial charge in [-0.15, -0.1) is 0 Å². The van der Waals surface area contributed by atoms with E-state index in [1.807, 2.05) is 30.3 Å². The molecule has 2 rings (SSSR count). The number of hydrogen-bond acceptors (Lipinski definition) is 2. The van der Waals surface area contributed by atoms with Crippen LogP contribution >= 0.6 is 0 Å². The number of carbonyl (C=O) groups is 1. The van der Waals surface area contributed by atoms with Crippen LogP contribution in [0, 0.1) is 0 Å². The topological polar surface area (TPSA) is 26.3 Å². The fourth-order valence-electron chi connectivity index (χ4n) is 2.05. The quantitative estimate of drug-likeness (QED) is 0.559. The zero-order chi connectivity index (χ0) is 14.2. The van der Waals surface area contributed by atoms with Crippen LogP contribution in [0.25, 0.3) is 0 Å². The average molecular weight is 268 g/mol. The van der Waals surface area contributed by atoms with E-state index in [2.05, 4.69) is 24.3 Å². The van der Waals surface area contributed by atoms with Crippen molar-refractivity contribution >= 4 is 5.78 Å².